The van der Waals surface area contributed by atoms with E-state index in [1.807, 2.05) is 32.8 Å². The number of nitrogens with one attached hydrogen (secondary N) is 2. The number of imidazole rings is 1. The van der Waals surface area contributed by atoms with Crippen LogP contribution >= 0.6 is 23.2 Å². The summed E-state index contributed by atoms with van der Waals surface area (Å²) in [5.41, 5.74) is 2.94. The number of carbonyl (C=O) groups excluding carboxylic acids is 3. The van der Waals surface area contributed by atoms with Crippen LogP contribution < -0.4 is 10.6 Å². The van der Waals surface area contributed by atoms with E-state index in [2.05, 4.69) is 25.5 Å². The number of amides is 3. The first-order valence-corrected chi connectivity index (χ1v) is 18.3. The van der Waals surface area contributed by atoms with Crippen molar-refractivity contribution in [3.05, 3.63) is 75.0 Å². The predicted octanol–water partition coefficient (Wildman–Crippen LogP) is 5.72. The van der Waals surface area contributed by atoms with Gasteiger partial charge < -0.3 is 34.6 Å². The highest BCUT2D eigenvalue weighted by Gasteiger charge is 2.29. The highest BCUT2D eigenvalue weighted by atomic mass is 35.5. The number of aliphatic imine (C=N–C) groups is 1. The molecule has 286 valence electrons. The molecule has 1 atom stereocenters. The third-order valence-electron chi connectivity index (χ3n) is 9.30. The topological polar surface area (TPSA) is 124 Å². The number of methoxy groups -OCH3 is 1. The number of carbonyl (C=O) groups is 3. The molecule has 2 heterocycles. The number of hydrogen-bond acceptors (Lipinski definition) is 8. The molecule has 1 aliphatic heterocycles. The monoisotopic (exact) mass is 770 g/mol. The van der Waals surface area contributed by atoms with Crippen molar-refractivity contribution in [3.63, 3.8) is 0 Å². The molecule has 0 aliphatic carbocycles. The first kappa shape index (κ1) is 41.5. The smallest absolute Gasteiger partial charge is 0.291 e. The highest BCUT2D eigenvalue weighted by molar-refractivity contribution is 6.34. The lowest BCUT2D eigenvalue weighted by Gasteiger charge is -2.36. The summed E-state index contributed by atoms with van der Waals surface area (Å²) in [5, 5.41) is 6.02. The van der Waals surface area contributed by atoms with Crippen molar-refractivity contribution >= 4 is 58.4 Å². The molecule has 2 N–H and O–H groups in total. The normalized spacial score (nSPS) is 14.5. The lowest BCUT2D eigenvalue weighted by Crippen LogP contribution is -2.52. The summed E-state index contributed by atoms with van der Waals surface area (Å²) in [5.74, 6) is -1.28. The number of rotatable bonds is 15. The largest absolute Gasteiger partial charge is 0.386 e. The molecule has 3 aromatic rings. The second-order valence-electron chi connectivity index (χ2n) is 13.1. The number of ether oxygens (including phenoxy) is 1. The maximum atomic E-state index is 15.8. The minimum absolute atomic E-state index is 0.0391. The molecule has 3 amide bonds. The molecule has 1 saturated heterocycles. The summed E-state index contributed by atoms with van der Waals surface area (Å²) in [6, 6.07) is 7.96. The summed E-state index contributed by atoms with van der Waals surface area (Å²) >= 11 is 13.2. The summed E-state index contributed by atoms with van der Waals surface area (Å²) in [6.07, 6.45) is 4.58. The van der Waals surface area contributed by atoms with Crippen molar-refractivity contribution in [1.82, 2.24) is 29.6 Å². The fourth-order valence-electron chi connectivity index (χ4n) is 6.19. The standard InChI is InChI=1S/C38H49Cl2FN8O4/c1-8-25(13-15-46(4)5)37(51)48-16-18-49(19-17-48)38(52)28-10-9-26(21-31(28)39)45-36(50)35-44-23-32(47(35)6)29-12-11-27(34(41)33(29)40)30(22-42-3)24(2)43-14-20-53-7/h9-12,21-23,25,43H,8,13-20H2,1-7H3,(H,45,50)/b30-24+,42-22-. The molecule has 0 spiro atoms. The van der Waals surface area contributed by atoms with Gasteiger partial charge in [-0.05, 0) is 58.6 Å². The van der Waals surface area contributed by atoms with Gasteiger partial charge in [0.1, 0.15) is 5.82 Å². The molecule has 15 heteroatoms. The minimum atomic E-state index is -0.639. The van der Waals surface area contributed by atoms with Gasteiger partial charge in [-0.3, -0.25) is 19.4 Å². The molecular weight excluding hydrogens is 722 g/mol. The van der Waals surface area contributed by atoms with E-state index in [1.165, 1.54) is 16.8 Å². The Morgan fingerprint density at radius 3 is 2.40 bits per heavy atom. The van der Waals surface area contributed by atoms with Crippen molar-refractivity contribution in [2.24, 2.45) is 18.0 Å². The Bertz CT molecular complexity index is 1850. The van der Waals surface area contributed by atoms with E-state index in [4.69, 9.17) is 27.9 Å². The molecule has 2 aromatic carbocycles. The number of allylic oxidation sites excluding steroid dienone is 2. The average molecular weight is 772 g/mol. The first-order chi connectivity index (χ1) is 25.3. The molecule has 0 radical (unpaired) electrons. The summed E-state index contributed by atoms with van der Waals surface area (Å²) < 4.78 is 22.4. The van der Waals surface area contributed by atoms with Gasteiger partial charge in [-0.1, -0.05) is 42.3 Å². The van der Waals surface area contributed by atoms with Crippen molar-refractivity contribution in [2.75, 3.05) is 79.4 Å². The third kappa shape index (κ3) is 10.0. The van der Waals surface area contributed by atoms with E-state index in [0.29, 0.717) is 73.1 Å². The van der Waals surface area contributed by atoms with Crippen molar-refractivity contribution in [2.45, 2.75) is 26.7 Å². The molecule has 4 rings (SSSR count). The number of halogens is 3. The molecule has 1 aromatic heterocycles. The van der Waals surface area contributed by atoms with Gasteiger partial charge in [0.15, 0.2) is 5.82 Å². The van der Waals surface area contributed by atoms with Crippen LogP contribution in [-0.2, 0) is 16.6 Å². The minimum Gasteiger partial charge on any atom is -0.386 e. The molecule has 1 aliphatic rings. The van der Waals surface area contributed by atoms with Crippen LogP contribution in [0.5, 0.6) is 0 Å². The van der Waals surface area contributed by atoms with Crippen molar-refractivity contribution < 1.29 is 23.5 Å². The molecule has 1 fully saturated rings. The molecule has 1 unspecified atom stereocenters. The van der Waals surface area contributed by atoms with Gasteiger partial charge in [-0.15, -0.1) is 0 Å². The fraction of sp³-hybridized carbons (Fsp3) is 0.447. The van der Waals surface area contributed by atoms with E-state index in [0.717, 1.165) is 19.4 Å². The summed E-state index contributed by atoms with van der Waals surface area (Å²) in [7, 11) is 8.82. The summed E-state index contributed by atoms with van der Waals surface area (Å²) in [6.45, 7) is 7.42. The van der Waals surface area contributed by atoms with E-state index in [1.54, 1.807) is 56.6 Å². The Morgan fingerprint density at radius 1 is 1.09 bits per heavy atom. The zero-order chi connectivity index (χ0) is 38.8. The number of aromatic nitrogens is 2. The third-order valence-corrected chi connectivity index (χ3v) is 9.98. The molecule has 53 heavy (non-hydrogen) atoms. The number of anilines is 1. The van der Waals surface area contributed by atoms with E-state index < -0.39 is 11.7 Å². The molecular formula is C38H49Cl2FN8O4. The maximum Gasteiger partial charge on any atom is 0.291 e. The molecule has 12 nitrogen and oxygen atoms in total. The van der Waals surface area contributed by atoms with Crippen LogP contribution in [0, 0.1) is 11.7 Å². The maximum absolute atomic E-state index is 15.8. The van der Waals surface area contributed by atoms with E-state index in [-0.39, 0.29) is 39.2 Å². The van der Waals surface area contributed by atoms with Crippen molar-refractivity contribution in [3.8, 4) is 11.3 Å². The zero-order valence-electron chi connectivity index (χ0n) is 31.4. The highest BCUT2D eigenvalue weighted by Crippen LogP contribution is 2.35. The number of benzene rings is 2. The van der Waals surface area contributed by atoms with Gasteiger partial charge in [0, 0.05) is 94.1 Å². The Kier molecular flexibility index (Phi) is 15.0. The van der Waals surface area contributed by atoms with Crippen LogP contribution in [0.3, 0.4) is 0 Å². The Balaban J connectivity index is 1.43. The Labute approximate surface area is 321 Å². The van der Waals surface area contributed by atoms with Crippen LogP contribution in [0.25, 0.3) is 16.8 Å². The zero-order valence-corrected chi connectivity index (χ0v) is 32.9. The SMILES string of the molecule is CCC(CCN(C)C)C(=O)N1CCN(C(=O)c2ccc(NC(=O)c3ncc(-c4ccc(C(/C=N\C)=C(\C)NCCOC)c(F)c4Cl)n3C)cc2Cl)CC1. The molecule has 0 saturated carbocycles. The first-order valence-electron chi connectivity index (χ1n) is 17.5. The quantitative estimate of drug-likeness (QED) is 0.150. The lowest BCUT2D eigenvalue weighted by molar-refractivity contribution is -0.137. The van der Waals surface area contributed by atoms with Gasteiger partial charge in [0.25, 0.3) is 11.8 Å². The van der Waals surface area contributed by atoms with E-state index >= 15 is 4.39 Å². The number of nitrogens with zero attached hydrogens (tertiary/aromatic N) is 6. The second-order valence-corrected chi connectivity index (χ2v) is 13.9. The Hall–Kier alpha value is -4.30. The van der Waals surface area contributed by atoms with Crippen molar-refractivity contribution in [1.29, 1.82) is 0 Å². The van der Waals surface area contributed by atoms with Crippen LogP contribution in [0.15, 0.2) is 47.2 Å². The van der Waals surface area contributed by atoms with Gasteiger partial charge in [0.2, 0.25) is 5.91 Å². The van der Waals surface area contributed by atoms with E-state index in [9.17, 15) is 14.4 Å². The van der Waals surface area contributed by atoms with Crippen LogP contribution in [-0.4, -0.2) is 122 Å². The van der Waals surface area contributed by atoms with Gasteiger partial charge in [-0.2, -0.15) is 0 Å². The van der Waals surface area contributed by atoms with Gasteiger partial charge in [0.05, 0.1) is 34.1 Å². The van der Waals surface area contributed by atoms with Crippen LogP contribution in [0.2, 0.25) is 10.0 Å². The van der Waals surface area contributed by atoms with Gasteiger partial charge in [-0.25, -0.2) is 9.37 Å². The van der Waals surface area contributed by atoms with Gasteiger partial charge >= 0.3 is 0 Å². The lowest BCUT2D eigenvalue weighted by atomic mass is 10.00. The average Bonchev–Trinajstić information content (AvgIpc) is 3.52. The number of hydrogen-bond donors (Lipinski definition) is 2. The Morgan fingerprint density at radius 2 is 1.77 bits per heavy atom. The van der Waals surface area contributed by atoms with Crippen LogP contribution in [0.1, 0.15) is 53.2 Å². The number of piperazine rings is 1. The fourth-order valence-corrected chi connectivity index (χ4v) is 6.71. The summed E-state index contributed by atoms with van der Waals surface area (Å²) in [4.78, 5) is 53.9. The van der Waals surface area contributed by atoms with Crippen LogP contribution in [0.4, 0.5) is 10.1 Å². The molecule has 0 bridgehead atoms. The predicted molar refractivity (Wildman–Crippen MR) is 209 cm³/mol. The second kappa shape index (κ2) is 19.2.